The molecule has 0 bridgehead atoms. The van der Waals surface area contributed by atoms with E-state index in [1.54, 1.807) is 18.3 Å². The van der Waals surface area contributed by atoms with Crippen molar-refractivity contribution in [3.8, 4) is 5.88 Å². The second kappa shape index (κ2) is 6.75. The van der Waals surface area contributed by atoms with Crippen molar-refractivity contribution in [1.82, 2.24) is 9.88 Å². The third-order valence-electron chi connectivity index (χ3n) is 3.51. The average Bonchev–Trinajstić information content (AvgIpc) is 2.71. The zero-order chi connectivity index (χ0) is 13.7. The van der Waals surface area contributed by atoms with E-state index < -0.39 is 0 Å². The van der Waals surface area contributed by atoms with E-state index >= 15 is 0 Å². The van der Waals surface area contributed by atoms with E-state index in [9.17, 15) is 4.79 Å². The summed E-state index contributed by atoms with van der Waals surface area (Å²) in [6.07, 6.45) is 5.91. The van der Waals surface area contributed by atoms with Gasteiger partial charge in [0.2, 0.25) is 5.88 Å². The minimum absolute atomic E-state index is 0.0301. The summed E-state index contributed by atoms with van der Waals surface area (Å²) in [6, 6.07) is 3.62. The highest BCUT2D eigenvalue weighted by atomic mass is 35.5. The molecular formula is C14H19ClN2O2. The van der Waals surface area contributed by atoms with Crippen LogP contribution >= 0.6 is 11.6 Å². The van der Waals surface area contributed by atoms with Crippen molar-refractivity contribution in [1.29, 1.82) is 0 Å². The number of hydrogen-bond donors (Lipinski definition) is 0. The second-order valence-electron chi connectivity index (χ2n) is 4.72. The van der Waals surface area contributed by atoms with Gasteiger partial charge in [0.25, 0.3) is 5.91 Å². The van der Waals surface area contributed by atoms with Gasteiger partial charge in [-0.05, 0) is 25.0 Å². The van der Waals surface area contributed by atoms with E-state index in [1.807, 2.05) is 4.90 Å². The molecule has 5 heteroatoms. The summed E-state index contributed by atoms with van der Waals surface area (Å²) in [6.45, 7) is 0.758. The van der Waals surface area contributed by atoms with Crippen molar-refractivity contribution in [2.75, 3.05) is 19.5 Å². The van der Waals surface area contributed by atoms with Crippen LogP contribution in [0.4, 0.5) is 0 Å². The van der Waals surface area contributed by atoms with Crippen LogP contribution in [0.5, 0.6) is 5.88 Å². The molecule has 1 aromatic heterocycles. The standard InChI is InChI=1S/C14H19ClN2O2/c1-19-13-12(7-5-8-16-13)14(18)17-9-4-2-3-6-11(17)10-15/h5,7-8,11H,2-4,6,9-10H2,1H3. The fourth-order valence-electron chi connectivity index (χ4n) is 2.48. The Labute approximate surface area is 118 Å². The summed E-state index contributed by atoms with van der Waals surface area (Å²) in [4.78, 5) is 18.6. The zero-order valence-corrected chi connectivity index (χ0v) is 11.9. The molecule has 4 nitrogen and oxygen atoms in total. The molecule has 0 radical (unpaired) electrons. The van der Waals surface area contributed by atoms with Gasteiger partial charge in [-0.25, -0.2) is 4.98 Å². The molecule has 1 aliphatic rings. The highest BCUT2D eigenvalue weighted by molar-refractivity contribution is 6.18. The summed E-state index contributed by atoms with van der Waals surface area (Å²) in [5.41, 5.74) is 0.516. The number of nitrogens with zero attached hydrogens (tertiary/aromatic N) is 2. The van der Waals surface area contributed by atoms with Crippen LogP contribution in [-0.2, 0) is 0 Å². The molecule has 2 rings (SSSR count). The Morgan fingerprint density at radius 2 is 2.37 bits per heavy atom. The largest absolute Gasteiger partial charge is 0.480 e. The van der Waals surface area contributed by atoms with Crippen LogP contribution in [0, 0.1) is 0 Å². The van der Waals surface area contributed by atoms with E-state index in [1.165, 1.54) is 7.11 Å². The number of amides is 1. The van der Waals surface area contributed by atoms with E-state index in [-0.39, 0.29) is 11.9 Å². The van der Waals surface area contributed by atoms with Crippen LogP contribution in [0.3, 0.4) is 0 Å². The molecule has 1 atom stereocenters. The van der Waals surface area contributed by atoms with Crippen molar-refractivity contribution in [3.63, 3.8) is 0 Å². The number of rotatable bonds is 3. The van der Waals surface area contributed by atoms with Crippen LogP contribution in [0.2, 0.25) is 0 Å². The number of carbonyl (C=O) groups excluding carboxylic acids is 1. The SMILES string of the molecule is COc1ncccc1C(=O)N1CCCCCC1CCl. The molecule has 0 aromatic carbocycles. The highest BCUT2D eigenvalue weighted by Gasteiger charge is 2.27. The number of alkyl halides is 1. The Morgan fingerprint density at radius 1 is 1.53 bits per heavy atom. The van der Waals surface area contributed by atoms with Crippen molar-refractivity contribution in [2.45, 2.75) is 31.7 Å². The molecule has 0 N–H and O–H groups in total. The molecule has 1 unspecified atom stereocenters. The maximum absolute atomic E-state index is 12.6. The highest BCUT2D eigenvalue weighted by Crippen LogP contribution is 2.23. The minimum atomic E-state index is -0.0301. The molecule has 1 fully saturated rings. The molecule has 104 valence electrons. The van der Waals surface area contributed by atoms with Crippen LogP contribution in [0.15, 0.2) is 18.3 Å². The van der Waals surface area contributed by atoms with Crippen LogP contribution in [0.1, 0.15) is 36.0 Å². The number of ether oxygens (including phenoxy) is 1. The molecule has 19 heavy (non-hydrogen) atoms. The monoisotopic (exact) mass is 282 g/mol. The maximum Gasteiger partial charge on any atom is 0.259 e. The number of carbonyl (C=O) groups is 1. The predicted molar refractivity (Wildman–Crippen MR) is 74.8 cm³/mol. The summed E-state index contributed by atoms with van der Waals surface area (Å²) in [5.74, 6) is 0.830. The number of methoxy groups -OCH3 is 1. The van der Waals surface area contributed by atoms with Crippen molar-refractivity contribution in [3.05, 3.63) is 23.9 Å². The van der Waals surface area contributed by atoms with Gasteiger partial charge in [-0.15, -0.1) is 11.6 Å². The van der Waals surface area contributed by atoms with Gasteiger partial charge in [0.1, 0.15) is 5.56 Å². The van der Waals surface area contributed by atoms with E-state index in [4.69, 9.17) is 16.3 Å². The van der Waals surface area contributed by atoms with Crippen LogP contribution in [-0.4, -0.2) is 41.4 Å². The van der Waals surface area contributed by atoms with Crippen molar-refractivity contribution in [2.24, 2.45) is 0 Å². The summed E-state index contributed by atoms with van der Waals surface area (Å²) in [5, 5.41) is 0. The van der Waals surface area contributed by atoms with Crippen molar-refractivity contribution < 1.29 is 9.53 Å². The van der Waals surface area contributed by atoms with Gasteiger partial charge in [0, 0.05) is 24.7 Å². The molecule has 0 aliphatic carbocycles. The first kappa shape index (κ1) is 14.1. The summed E-state index contributed by atoms with van der Waals surface area (Å²) in [7, 11) is 1.53. The van der Waals surface area contributed by atoms with Gasteiger partial charge in [0.05, 0.1) is 7.11 Å². The summed E-state index contributed by atoms with van der Waals surface area (Å²) < 4.78 is 5.17. The topological polar surface area (TPSA) is 42.4 Å². The Balaban J connectivity index is 2.25. The first-order valence-corrected chi connectivity index (χ1v) is 7.17. The zero-order valence-electron chi connectivity index (χ0n) is 11.1. The smallest absolute Gasteiger partial charge is 0.259 e. The molecule has 1 aliphatic heterocycles. The number of hydrogen-bond acceptors (Lipinski definition) is 3. The van der Waals surface area contributed by atoms with Crippen LogP contribution < -0.4 is 4.74 Å². The predicted octanol–water partition coefficient (Wildman–Crippen LogP) is 2.71. The molecule has 1 amide bonds. The average molecular weight is 283 g/mol. The quantitative estimate of drug-likeness (QED) is 0.801. The molecule has 1 aromatic rings. The van der Waals surface area contributed by atoms with Gasteiger partial charge in [0.15, 0.2) is 0 Å². The Hall–Kier alpha value is -1.29. The molecule has 2 heterocycles. The normalized spacial score (nSPS) is 19.9. The third-order valence-corrected chi connectivity index (χ3v) is 3.87. The van der Waals surface area contributed by atoms with Gasteiger partial charge in [-0.2, -0.15) is 0 Å². The van der Waals surface area contributed by atoms with Gasteiger partial charge in [-0.3, -0.25) is 4.79 Å². The lowest BCUT2D eigenvalue weighted by atomic mass is 10.1. The lowest BCUT2D eigenvalue weighted by Crippen LogP contribution is -2.41. The number of likely N-dealkylation sites (tertiary alicyclic amines) is 1. The molecular weight excluding hydrogens is 264 g/mol. The Kier molecular flexibility index (Phi) is 5.02. The van der Waals surface area contributed by atoms with E-state index in [2.05, 4.69) is 4.98 Å². The number of pyridine rings is 1. The second-order valence-corrected chi connectivity index (χ2v) is 5.02. The van der Waals surface area contributed by atoms with Gasteiger partial charge < -0.3 is 9.64 Å². The van der Waals surface area contributed by atoms with Crippen molar-refractivity contribution >= 4 is 17.5 Å². The number of halogens is 1. The lowest BCUT2D eigenvalue weighted by Gasteiger charge is -2.28. The Bertz CT molecular complexity index is 439. The maximum atomic E-state index is 12.6. The summed E-state index contributed by atoms with van der Waals surface area (Å²) >= 11 is 6.01. The first-order valence-electron chi connectivity index (χ1n) is 6.64. The van der Waals surface area contributed by atoms with Gasteiger partial charge >= 0.3 is 0 Å². The number of aromatic nitrogens is 1. The first-order chi connectivity index (χ1) is 9.27. The lowest BCUT2D eigenvalue weighted by molar-refractivity contribution is 0.0696. The van der Waals surface area contributed by atoms with E-state index in [0.717, 1.165) is 32.2 Å². The van der Waals surface area contributed by atoms with E-state index in [0.29, 0.717) is 17.3 Å². The fourth-order valence-corrected chi connectivity index (χ4v) is 2.80. The minimum Gasteiger partial charge on any atom is -0.480 e. The van der Waals surface area contributed by atoms with Gasteiger partial charge in [-0.1, -0.05) is 12.8 Å². The van der Waals surface area contributed by atoms with Crippen LogP contribution in [0.25, 0.3) is 0 Å². The fraction of sp³-hybridized carbons (Fsp3) is 0.571. The molecule has 0 saturated carbocycles. The molecule has 1 saturated heterocycles. The molecule has 0 spiro atoms. The Morgan fingerprint density at radius 3 is 3.11 bits per heavy atom. The third kappa shape index (κ3) is 3.18.